The van der Waals surface area contributed by atoms with E-state index in [1.807, 2.05) is 35.0 Å². The number of hydrogen-bond acceptors (Lipinski definition) is 4. The van der Waals surface area contributed by atoms with Crippen LogP contribution in [-0.4, -0.2) is 39.1 Å². The number of piperidine rings is 1. The summed E-state index contributed by atoms with van der Waals surface area (Å²) in [5.74, 6) is 2.49. The monoisotopic (exact) mass is 347 g/mol. The van der Waals surface area contributed by atoms with Gasteiger partial charge >= 0.3 is 0 Å². The van der Waals surface area contributed by atoms with Gasteiger partial charge in [-0.25, -0.2) is 9.50 Å². The molecule has 0 spiro atoms. The van der Waals surface area contributed by atoms with Crippen LogP contribution < -0.4 is 5.32 Å². The molecule has 0 atom stereocenters. The van der Waals surface area contributed by atoms with Gasteiger partial charge in [-0.1, -0.05) is 18.2 Å². The van der Waals surface area contributed by atoms with Crippen LogP contribution in [0.4, 0.5) is 11.4 Å². The Kier molecular flexibility index (Phi) is 4.09. The molecule has 0 unspecified atom stereocenters. The lowest BCUT2D eigenvalue weighted by Gasteiger charge is -2.30. The van der Waals surface area contributed by atoms with Gasteiger partial charge in [-0.15, -0.1) is 0 Å². The predicted molar refractivity (Wildman–Crippen MR) is 104 cm³/mol. The zero-order valence-corrected chi connectivity index (χ0v) is 15.0. The highest BCUT2D eigenvalue weighted by Crippen LogP contribution is 2.32. The van der Waals surface area contributed by atoms with Crippen LogP contribution >= 0.6 is 0 Å². The highest BCUT2D eigenvalue weighted by atomic mass is 15.3. The molecule has 3 heterocycles. The average molecular weight is 347 g/mol. The van der Waals surface area contributed by atoms with Gasteiger partial charge in [0.25, 0.3) is 0 Å². The number of nitrogens with zero attached hydrogens (tertiary/aromatic N) is 4. The van der Waals surface area contributed by atoms with Gasteiger partial charge in [0.15, 0.2) is 11.5 Å². The summed E-state index contributed by atoms with van der Waals surface area (Å²) in [6.45, 7) is 3.69. The summed E-state index contributed by atoms with van der Waals surface area (Å²) in [4.78, 5) is 7.42. The minimum Gasteiger partial charge on any atom is -0.354 e. The van der Waals surface area contributed by atoms with Crippen molar-refractivity contribution in [1.29, 1.82) is 0 Å². The van der Waals surface area contributed by atoms with Crippen molar-refractivity contribution in [3.63, 3.8) is 0 Å². The van der Waals surface area contributed by atoms with Crippen LogP contribution in [-0.2, 0) is 0 Å². The molecule has 1 aliphatic carbocycles. The SMILES string of the molecule is c1ccc(Nc2ccc3nc(C4CCN(CC5CC5)CC4)nn3c2)cc1. The van der Waals surface area contributed by atoms with Gasteiger partial charge in [-0.2, -0.15) is 5.10 Å². The first-order chi connectivity index (χ1) is 12.8. The minimum atomic E-state index is 0.496. The molecule has 5 rings (SSSR count). The van der Waals surface area contributed by atoms with Gasteiger partial charge < -0.3 is 10.2 Å². The Morgan fingerprint density at radius 2 is 1.73 bits per heavy atom. The lowest BCUT2D eigenvalue weighted by atomic mass is 9.96. The molecule has 26 heavy (non-hydrogen) atoms. The molecule has 3 aromatic rings. The standard InChI is InChI=1S/C21H25N5/c1-2-4-18(5-3-1)22-19-8-9-20-23-21(24-26(20)15-19)17-10-12-25(13-11-17)14-16-6-7-16/h1-5,8-9,15-17,22H,6-7,10-14H2. The molecular weight excluding hydrogens is 322 g/mol. The van der Waals surface area contributed by atoms with Crippen LogP contribution in [0.5, 0.6) is 0 Å². The number of aromatic nitrogens is 3. The van der Waals surface area contributed by atoms with Crippen molar-refractivity contribution < 1.29 is 0 Å². The molecule has 2 aromatic heterocycles. The summed E-state index contributed by atoms with van der Waals surface area (Å²) in [6, 6.07) is 14.3. The van der Waals surface area contributed by atoms with Gasteiger partial charge in [0.05, 0.1) is 11.9 Å². The number of rotatable bonds is 5. The number of likely N-dealkylation sites (tertiary alicyclic amines) is 1. The number of fused-ring (bicyclic) bond motifs is 1. The van der Waals surface area contributed by atoms with Crippen molar-refractivity contribution in [1.82, 2.24) is 19.5 Å². The van der Waals surface area contributed by atoms with Gasteiger partial charge in [-0.3, -0.25) is 0 Å². The van der Waals surface area contributed by atoms with Gasteiger partial charge in [-0.05, 0) is 69.0 Å². The van der Waals surface area contributed by atoms with E-state index in [2.05, 4.69) is 28.4 Å². The molecule has 1 aromatic carbocycles. The zero-order chi connectivity index (χ0) is 17.3. The predicted octanol–water partition coefficient (Wildman–Crippen LogP) is 4.06. The largest absolute Gasteiger partial charge is 0.354 e. The van der Waals surface area contributed by atoms with E-state index < -0.39 is 0 Å². The fourth-order valence-electron chi connectivity index (χ4n) is 3.87. The van der Waals surface area contributed by atoms with E-state index in [4.69, 9.17) is 10.1 Å². The summed E-state index contributed by atoms with van der Waals surface area (Å²) in [6.07, 6.45) is 7.26. The molecule has 134 valence electrons. The quantitative estimate of drug-likeness (QED) is 0.756. The Bertz CT molecular complexity index is 876. The van der Waals surface area contributed by atoms with E-state index >= 15 is 0 Å². The van der Waals surface area contributed by atoms with E-state index in [0.29, 0.717) is 5.92 Å². The third-order valence-corrected chi connectivity index (χ3v) is 5.58. The van der Waals surface area contributed by atoms with E-state index in [9.17, 15) is 0 Å². The van der Waals surface area contributed by atoms with Crippen molar-refractivity contribution in [2.24, 2.45) is 5.92 Å². The highest BCUT2D eigenvalue weighted by Gasteiger charge is 2.28. The second-order valence-electron chi connectivity index (χ2n) is 7.70. The normalized spacial score (nSPS) is 19.1. The first-order valence-corrected chi connectivity index (χ1v) is 9.74. The Hall–Kier alpha value is -2.40. The van der Waals surface area contributed by atoms with Crippen LogP contribution in [0.3, 0.4) is 0 Å². The second kappa shape index (κ2) is 6.72. The molecule has 0 radical (unpaired) electrons. The first-order valence-electron chi connectivity index (χ1n) is 9.74. The van der Waals surface area contributed by atoms with Crippen LogP contribution in [0, 0.1) is 5.92 Å². The number of pyridine rings is 1. The fourth-order valence-corrected chi connectivity index (χ4v) is 3.87. The minimum absolute atomic E-state index is 0.496. The summed E-state index contributed by atoms with van der Waals surface area (Å²) >= 11 is 0. The fraction of sp³-hybridized carbons (Fsp3) is 0.429. The average Bonchev–Trinajstić information content (AvgIpc) is 3.39. The number of para-hydroxylation sites is 1. The molecule has 1 saturated heterocycles. The van der Waals surface area contributed by atoms with E-state index in [0.717, 1.165) is 28.8 Å². The van der Waals surface area contributed by atoms with E-state index in [1.165, 1.54) is 45.3 Å². The highest BCUT2D eigenvalue weighted by molar-refractivity contribution is 5.60. The number of anilines is 2. The van der Waals surface area contributed by atoms with Crippen molar-refractivity contribution in [2.45, 2.75) is 31.6 Å². The van der Waals surface area contributed by atoms with Crippen LogP contribution in [0.1, 0.15) is 37.4 Å². The maximum atomic E-state index is 4.79. The zero-order valence-electron chi connectivity index (χ0n) is 15.0. The van der Waals surface area contributed by atoms with Crippen molar-refractivity contribution in [3.05, 3.63) is 54.5 Å². The maximum absolute atomic E-state index is 4.79. The third-order valence-electron chi connectivity index (χ3n) is 5.58. The Labute approximate surface area is 154 Å². The summed E-state index contributed by atoms with van der Waals surface area (Å²) < 4.78 is 1.91. The molecule has 2 aliphatic rings. The lowest BCUT2D eigenvalue weighted by molar-refractivity contribution is 0.202. The summed E-state index contributed by atoms with van der Waals surface area (Å²) in [5.41, 5.74) is 3.04. The Balaban J connectivity index is 1.29. The molecule has 0 bridgehead atoms. The molecule has 5 heteroatoms. The Morgan fingerprint density at radius 1 is 0.923 bits per heavy atom. The molecule has 1 N–H and O–H groups in total. The van der Waals surface area contributed by atoms with Gasteiger partial charge in [0, 0.05) is 18.2 Å². The third kappa shape index (κ3) is 3.44. The molecular formula is C21H25N5. The molecule has 2 fully saturated rings. The molecule has 1 aliphatic heterocycles. The number of benzene rings is 1. The number of hydrogen-bond donors (Lipinski definition) is 1. The Morgan fingerprint density at radius 3 is 2.50 bits per heavy atom. The summed E-state index contributed by atoms with van der Waals surface area (Å²) in [7, 11) is 0. The smallest absolute Gasteiger partial charge is 0.155 e. The maximum Gasteiger partial charge on any atom is 0.155 e. The molecule has 1 saturated carbocycles. The van der Waals surface area contributed by atoms with Crippen molar-refractivity contribution in [3.8, 4) is 0 Å². The van der Waals surface area contributed by atoms with Crippen molar-refractivity contribution >= 4 is 17.0 Å². The van der Waals surface area contributed by atoms with Crippen LogP contribution in [0.15, 0.2) is 48.7 Å². The van der Waals surface area contributed by atoms with E-state index in [-0.39, 0.29) is 0 Å². The van der Waals surface area contributed by atoms with E-state index in [1.54, 1.807) is 0 Å². The molecule has 5 nitrogen and oxygen atoms in total. The van der Waals surface area contributed by atoms with Crippen LogP contribution in [0.2, 0.25) is 0 Å². The second-order valence-corrected chi connectivity index (χ2v) is 7.70. The van der Waals surface area contributed by atoms with Gasteiger partial charge in [0.1, 0.15) is 0 Å². The lowest BCUT2D eigenvalue weighted by Crippen LogP contribution is -2.34. The summed E-state index contributed by atoms with van der Waals surface area (Å²) in [5, 5.41) is 8.20. The van der Waals surface area contributed by atoms with Gasteiger partial charge in [0.2, 0.25) is 0 Å². The topological polar surface area (TPSA) is 45.5 Å². The number of nitrogens with one attached hydrogen (secondary N) is 1. The van der Waals surface area contributed by atoms with Crippen LogP contribution in [0.25, 0.3) is 5.65 Å². The first kappa shape index (κ1) is 15.8. The van der Waals surface area contributed by atoms with Crippen molar-refractivity contribution in [2.75, 3.05) is 25.0 Å². The molecule has 0 amide bonds.